The zero-order valence-corrected chi connectivity index (χ0v) is 27.1. The van der Waals surface area contributed by atoms with E-state index < -0.39 is 0 Å². The molecule has 0 aromatic heterocycles. The number of esters is 2. The molecule has 216 valence electrons. The quantitative estimate of drug-likeness (QED) is 0.0893. The lowest BCUT2D eigenvalue weighted by Crippen LogP contribution is -2.36. The second-order valence-electron chi connectivity index (χ2n) is 12.1. The first-order valence-corrected chi connectivity index (χ1v) is 17.3. The van der Waals surface area contributed by atoms with Gasteiger partial charge >= 0.3 is 11.9 Å². The smallest absolute Gasteiger partial charge is 0.307 e. The maximum atomic E-state index is 13.0. The molecule has 2 fully saturated rings. The molecule has 2 unspecified atom stereocenters. The summed E-state index contributed by atoms with van der Waals surface area (Å²) in [5, 5.41) is -0.480. The van der Waals surface area contributed by atoms with Gasteiger partial charge in [0.05, 0.1) is 12.8 Å². The second kappa shape index (κ2) is 18.3. The Balaban J connectivity index is 1.95. The highest BCUT2D eigenvalue weighted by atomic mass is 79.9. The molecule has 0 heterocycles. The van der Waals surface area contributed by atoms with Crippen molar-refractivity contribution in [3.05, 3.63) is 0 Å². The van der Waals surface area contributed by atoms with Gasteiger partial charge in [0.25, 0.3) is 0 Å². The molecular formula is C31H54Br2O4. The van der Waals surface area contributed by atoms with Crippen LogP contribution >= 0.6 is 31.9 Å². The number of hydrogen-bond acceptors (Lipinski definition) is 4. The molecule has 2 saturated carbocycles. The van der Waals surface area contributed by atoms with E-state index in [4.69, 9.17) is 9.47 Å². The fraction of sp³-hybridized carbons (Fsp3) is 0.935. The Morgan fingerprint density at radius 1 is 0.703 bits per heavy atom. The third-order valence-electron chi connectivity index (χ3n) is 8.97. The molecule has 4 nitrogen and oxygen atoms in total. The van der Waals surface area contributed by atoms with Crippen LogP contribution in [0, 0.1) is 23.2 Å². The average Bonchev–Trinajstić information content (AvgIpc) is 2.85. The van der Waals surface area contributed by atoms with Crippen molar-refractivity contribution in [3.8, 4) is 0 Å². The number of unbranched alkanes of at least 4 members (excludes halogenated alkanes) is 4. The molecule has 2 aliphatic rings. The van der Waals surface area contributed by atoms with Gasteiger partial charge in [-0.2, -0.15) is 0 Å². The minimum Gasteiger partial charge on any atom is -0.451 e. The molecule has 37 heavy (non-hydrogen) atoms. The van der Waals surface area contributed by atoms with Gasteiger partial charge in [-0.25, -0.2) is 0 Å². The van der Waals surface area contributed by atoms with Crippen molar-refractivity contribution in [3.63, 3.8) is 0 Å². The molecule has 2 rings (SSSR count). The first kappa shape index (κ1) is 33.1. The van der Waals surface area contributed by atoms with E-state index >= 15 is 0 Å². The third kappa shape index (κ3) is 12.7. The van der Waals surface area contributed by atoms with Crippen LogP contribution in [0.25, 0.3) is 0 Å². The van der Waals surface area contributed by atoms with Crippen LogP contribution in [-0.2, 0) is 19.1 Å². The van der Waals surface area contributed by atoms with Gasteiger partial charge in [-0.15, -0.1) is 0 Å². The highest BCUT2D eigenvalue weighted by Gasteiger charge is 2.42. The van der Waals surface area contributed by atoms with Gasteiger partial charge in [-0.3, -0.25) is 9.59 Å². The standard InChI is InChI=1S/C31H54Br2O4/c1-4-7-9-12-27(32)36-29(34)22-31(23-30(35)37-28(33)13-10-8-5-2)20-18-26(19-21-31)25-16-14-24(11-6-3)15-17-25/h24-28H,4-23H2,1-3H3. The van der Waals surface area contributed by atoms with Gasteiger partial charge in [-0.1, -0.05) is 72.1 Å². The summed E-state index contributed by atoms with van der Waals surface area (Å²) in [5.41, 5.74) is -0.337. The fourth-order valence-electron chi connectivity index (χ4n) is 6.70. The number of halogens is 2. The summed E-state index contributed by atoms with van der Waals surface area (Å²) in [7, 11) is 0. The predicted molar refractivity (Wildman–Crippen MR) is 160 cm³/mol. The van der Waals surface area contributed by atoms with Crippen LogP contribution in [0.1, 0.15) is 149 Å². The molecule has 0 aromatic rings. The molecule has 0 aromatic carbocycles. The summed E-state index contributed by atoms with van der Waals surface area (Å²) in [6.07, 6.45) is 21.2. The first-order chi connectivity index (χ1) is 17.8. The van der Waals surface area contributed by atoms with Gasteiger partial charge < -0.3 is 9.47 Å². The lowest BCUT2D eigenvalue weighted by atomic mass is 9.62. The molecule has 0 radical (unpaired) electrons. The Hall–Kier alpha value is -0.100. The van der Waals surface area contributed by atoms with Gasteiger partial charge in [0.15, 0.2) is 10.0 Å². The van der Waals surface area contributed by atoms with E-state index in [0.29, 0.717) is 12.8 Å². The van der Waals surface area contributed by atoms with Gasteiger partial charge in [0, 0.05) is 0 Å². The summed E-state index contributed by atoms with van der Waals surface area (Å²) in [5.74, 6) is 2.13. The highest BCUT2D eigenvalue weighted by Crippen LogP contribution is 2.49. The van der Waals surface area contributed by atoms with Gasteiger partial charge in [0.2, 0.25) is 0 Å². The maximum Gasteiger partial charge on any atom is 0.307 e. The van der Waals surface area contributed by atoms with Crippen LogP contribution in [-0.4, -0.2) is 22.0 Å². The third-order valence-corrected chi connectivity index (χ3v) is 10.3. The molecule has 0 spiro atoms. The minimum atomic E-state index is -0.337. The predicted octanol–water partition coefficient (Wildman–Crippen LogP) is 10.2. The fourth-order valence-corrected chi connectivity index (χ4v) is 7.77. The number of carbonyl (C=O) groups is 2. The SMILES string of the molecule is CCCCCC(Br)OC(=O)CC1(CC(=O)OC(Br)CCCCC)CCC(C2CCC(CCC)CC2)CC1. The Labute approximate surface area is 244 Å². The lowest BCUT2D eigenvalue weighted by molar-refractivity contribution is -0.153. The van der Waals surface area contributed by atoms with Gasteiger partial charge in [-0.05, 0) is 119 Å². The second-order valence-corrected chi connectivity index (χ2v) is 14.1. The molecule has 0 saturated heterocycles. The monoisotopic (exact) mass is 648 g/mol. The van der Waals surface area contributed by atoms with Crippen LogP contribution in [0.15, 0.2) is 0 Å². The summed E-state index contributed by atoms with van der Waals surface area (Å²) in [6, 6.07) is 0. The van der Waals surface area contributed by atoms with E-state index in [2.05, 4.69) is 52.6 Å². The van der Waals surface area contributed by atoms with E-state index in [9.17, 15) is 9.59 Å². The van der Waals surface area contributed by atoms with Crippen molar-refractivity contribution in [1.82, 2.24) is 0 Å². The summed E-state index contributed by atoms with van der Waals surface area (Å²) in [6.45, 7) is 6.65. The van der Waals surface area contributed by atoms with Crippen molar-refractivity contribution < 1.29 is 19.1 Å². The number of alkyl halides is 2. The summed E-state index contributed by atoms with van der Waals surface area (Å²) >= 11 is 7.08. The van der Waals surface area contributed by atoms with E-state index in [0.717, 1.165) is 94.8 Å². The van der Waals surface area contributed by atoms with Crippen LogP contribution in [0.3, 0.4) is 0 Å². The van der Waals surface area contributed by atoms with Crippen LogP contribution in [0.5, 0.6) is 0 Å². The Bertz CT molecular complexity index is 605. The van der Waals surface area contributed by atoms with Crippen LogP contribution in [0.4, 0.5) is 0 Å². The lowest BCUT2D eigenvalue weighted by Gasteiger charge is -2.43. The number of rotatable bonds is 17. The highest BCUT2D eigenvalue weighted by molar-refractivity contribution is 9.09. The Morgan fingerprint density at radius 2 is 1.16 bits per heavy atom. The molecule has 2 atom stereocenters. The van der Waals surface area contributed by atoms with E-state index in [1.54, 1.807) is 0 Å². The van der Waals surface area contributed by atoms with Crippen molar-refractivity contribution in [1.29, 1.82) is 0 Å². The van der Waals surface area contributed by atoms with Crippen molar-refractivity contribution in [2.24, 2.45) is 23.2 Å². The largest absolute Gasteiger partial charge is 0.451 e. The molecule has 2 aliphatic carbocycles. The van der Waals surface area contributed by atoms with Crippen LogP contribution < -0.4 is 0 Å². The molecule has 0 N–H and O–H groups in total. The summed E-state index contributed by atoms with van der Waals surface area (Å²) < 4.78 is 11.5. The zero-order valence-electron chi connectivity index (χ0n) is 23.9. The first-order valence-electron chi connectivity index (χ1n) is 15.5. The van der Waals surface area contributed by atoms with Crippen molar-refractivity contribution >= 4 is 43.8 Å². The maximum absolute atomic E-state index is 13.0. The zero-order chi connectivity index (χ0) is 27.1. The Kier molecular flexibility index (Phi) is 16.4. The molecule has 6 heteroatoms. The molecule has 0 amide bonds. The molecule has 0 aliphatic heterocycles. The normalized spacial score (nSPS) is 27.9. The molecule has 0 bridgehead atoms. The number of ether oxygens (including phenoxy) is 2. The number of hydrogen-bond donors (Lipinski definition) is 0. The van der Waals surface area contributed by atoms with E-state index in [1.165, 1.54) is 38.5 Å². The minimum absolute atomic E-state index is 0.178. The number of carbonyl (C=O) groups excluding carboxylic acids is 2. The van der Waals surface area contributed by atoms with E-state index in [-0.39, 0.29) is 27.4 Å². The topological polar surface area (TPSA) is 52.6 Å². The van der Waals surface area contributed by atoms with E-state index in [1.807, 2.05) is 0 Å². The average molecular weight is 651 g/mol. The summed E-state index contributed by atoms with van der Waals surface area (Å²) in [4.78, 5) is 26.0. The molecular weight excluding hydrogens is 596 g/mol. The van der Waals surface area contributed by atoms with Crippen LogP contribution in [0.2, 0.25) is 0 Å². The van der Waals surface area contributed by atoms with Crippen molar-refractivity contribution in [2.75, 3.05) is 0 Å². The van der Waals surface area contributed by atoms with Gasteiger partial charge in [0.1, 0.15) is 0 Å². The Morgan fingerprint density at radius 3 is 1.59 bits per heavy atom. The van der Waals surface area contributed by atoms with Crippen molar-refractivity contribution in [2.45, 2.75) is 159 Å².